The van der Waals surface area contributed by atoms with E-state index in [9.17, 15) is 0 Å². The molecule has 0 fully saturated rings. The molecule has 1 nitrogen and oxygen atoms in total. The summed E-state index contributed by atoms with van der Waals surface area (Å²) in [6, 6.07) is 8.53. The number of hydrogen-bond donors (Lipinski definition) is 0. The second kappa shape index (κ2) is 9.41. The maximum atomic E-state index is 2.13. The zero-order chi connectivity index (χ0) is 14.0. The third-order valence-corrected chi connectivity index (χ3v) is 2.25. The van der Waals surface area contributed by atoms with Crippen LogP contribution >= 0.6 is 0 Å². The largest absolute Gasteiger partial charge is 0.241 e. The van der Waals surface area contributed by atoms with E-state index in [2.05, 4.69) is 62.6 Å². The first-order chi connectivity index (χ1) is 8.58. The van der Waals surface area contributed by atoms with E-state index >= 15 is 0 Å². The van der Waals surface area contributed by atoms with Gasteiger partial charge in [0, 0.05) is 6.08 Å². The molecule has 0 N–H and O–H groups in total. The average molecular weight is 244 g/mol. The quantitative estimate of drug-likeness (QED) is 0.423. The molecule has 0 aliphatic rings. The number of benzene rings is 1. The molecule has 0 saturated heterocycles. The SMILES string of the molecule is CC.CC(/C=C/c1ccc(C)cc1)=C\C=[N+](C)C. The molecule has 0 spiro atoms. The number of nitrogens with zero attached hydrogens (tertiary/aromatic N) is 1. The van der Waals surface area contributed by atoms with Gasteiger partial charge in [-0.25, -0.2) is 4.58 Å². The lowest BCUT2D eigenvalue weighted by molar-refractivity contribution is -0.458. The lowest BCUT2D eigenvalue weighted by Gasteiger charge is -1.94. The molecule has 0 amide bonds. The molecule has 98 valence electrons. The summed E-state index contributed by atoms with van der Waals surface area (Å²) in [7, 11) is 4.04. The van der Waals surface area contributed by atoms with E-state index in [1.807, 2.05) is 32.5 Å². The van der Waals surface area contributed by atoms with Crippen molar-refractivity contribution in [3.63, 3.8) is 0 Å². The van der Waals surface area contributed by atoms with Crippen LogP contribution in [0.25, 0.3) is 6.08 Å². The standard InChI is InChI=1S/C15H20N.C2H6/c1-13-5-8-15(9-6-13)10-7-14(2)11-12-16(3)4;1-2/h5-12H,1-4H3;1-2H3/q+1;/b10-7+,14-11+;. The minimum Gasteiger partial charge on any atom is -0.241 e. The molecule has 1 aromatic rings. The fraction of sp³-hybridized carbons (Fsp3) is 0.353. The molecule has 0 saturated carbocycles. The molecule has 0 radical (unpaired) electrons. The minimum atomic E-state index is 1.24. The number of hydrogen-bond acceptors (Lipinski definition) is 0. The smallest absolute Gasteiger partial charge is 0.163 e. The van der Waals surface area contributed by atoms with Crippen molar-refractivity contribution in [1.82, 2.24) is 0 Å². The fourth-order valence-corrected chi connectivity index (χ4v) is 1.23. The highest BCUT2D eigenvalue weighted by molar-refractivity contribution is 5.69. The van der Waals surface area contributed by atoms with Crippen molar-refractivity contribution in [2.45, 2.75) is 27.7 Å². The predicted molar refractivity (Wildman–Crippen MR) is 83.5 cm³/mol. The second-order valence-corrected chi connectivity index (χ2v) is 4.27. The Morgan fingerprint density at radius 2 is 1.61 bits per heavy atom. The van der Waals surface area contributed by atoms with E-state index < -0.39 is 0 Å². The van der Waals surface area contributed by atoms with Gasteiger partial charge in [0.25, 0.3) is 0 Å². The molecule has 0 aliphatic heterocycles. The van der Waals surface area contributed by atoms with Gasteiger partial charge in [0.15, 0.2) is 6.21 Å². The summed E-state index contributed by atoms with van der Waals surface area (Å²) in [5.41, 5.74) is 3.78. The molecule has 0 heterocycles. The van der Waals surface area contributed by atoms with Gasteiger partial charge in [-0.3, -0.25) is 0 Å². The van der Waals surface area contributed by atoms with Crippen LogP contribution in [-0.4, -0.2) is 24.9 Å². The fourth-order valence-electron chi connectivity index (χ4n) is 1.23. The monoisotopic (exact) mass is 244 g/mol. The Morgan fingerprint density at radius 3 is 2.11 bits per heavy atom. The minimum absolute atomic E-state index is 1.24. The van der Waals surface area contributed by atoms with Gasteiger partial charge < -0.3 is 0 Å². The zero-order valence-corrected chi connectivity index (χ0v) is 12.6. The highest BCUT2D eigenvalue weighted by Gasteiger charge is 1.87. The predicted octanol–water partition coefficient (Wildman–Crippen LogP) is 4.32. The summed E-state index contributed by atoms with van der Waals surface area (Å²) in [6.07, 6.45) is 8.42. The number of allylic oxidation sites excluding steroid dienone is 3. The van der Waals surface area contributed by atoms with Gasteiger partial charge in [0.1, 0.15) is 14.1 Å². The topological polar surface area (TPSA) is 3.01 Å². The maximum Gasteiger partial charge on any atom is 0.163 e. The number of aryl methyl sites for hydroxylation is 1. The van der Waals surface area contributed by atoms with Gasteiger partial charge in [-0.1, -0.05) is 55.8 Å². The third-order valence-electron chi connectivity index (χ3n) is 2.25. The van der Waals surface area contributed by atoms with Crippen LogP contribution in [-0.2, 0) is 0 Å². The Bertz CT molecular complexity index is 415. The van der Waals surface area contributed by atoms with Crippen molar-refractivity contribution >= 4 is 12.3 Å². The molecule has 0 atom stereocenters. The van der Waals surface area contributed by atoms with E-state index in [0.717, 1.165) is 0 Å². The van der Waals surface area contributed by atoms with Crippen LogP contribution in [0, 0.1) is 6.92 Å². The third kappa shape index (κ3) is 7.61. The summed E-state index contributed by atoms with van der Waals surface area (Å²) in [6.45, 7) is 8.20. The first kappa shape index (κ1) is 16.4. The second-order valence-electron chi connectivity index (χ2n) is 4.27. The Kier molecular flexibility index (Phi) is 8.55. The van der Waals surface area contributed by atoms with Gasteiger partial charge >= 0.3 is 0 Å². The molecule has 1 aromatic carbocycles. The molecule has 0 aliphatic carbocycles. The summed E-state index contributed by atoms with van der Waals surface area (Å²) < 4.78 is 2.03. The Balaban J connectivity index is 0.00000137. The molecule has 0 unspecified atom stereocenters. The first-order valence-corrected chi connectivity index (χ1v) is 6.51. The molecule has 1 heteroatoms. The van der Waals surface area contributed by atoms with E-state index in [1.54, 1.807) is 0 Å². The summed E-state index contributed by atoms with van der Waals surface area (Å²) in [4.78, 5) is 0. The molecule has 0 aromatic heterocycles. The Morgan fingerprint density at radius 1 is 1.06 bits per heavy atom. The molecule has 1 rings (SSSR count). The van der Waals surface area contributed by atoms with E-state index in [1.165, 1.54) is 16.7 Å². The first-order valence-electron chi connectivity index (χ1n) is 6.51. The lowest BCUT2D eigenvalue weighted by atomic mass is 10.1. The summed E-state index contributed by atoms with van der Waals surface area (Å²) >= 11 is 0. The van der Waals surface area contributed by atoms with Crippen molar-refractivity contribution in [3.8, 4) is 0 Å². The van der Waals surface area contributed by atoms with Crippen LogP contribution in [0.1, 0.15) is 31.9 Å². The summed E-state index contributed by atoms with van der Waals surface area (Å²) in [5.74, 6) is 0. The number of rotatable bonds is 3. The van der Waals surface area contributed by atoms with E-state index in [-0.39, 0.29) is 0 Å². The highest BCUT2D eigenvalue weighted by Crippen LogP contribution is 2.06. The van der Waals surface area contributed by atoms with E-state index in [0.29, 0.717) is 0 Å². The molecule has 18 heavy (non-hydrogen) atoms. The van der Waals surface area contributed by atoms with Gasteiger partial charge in [-0.2, -0.15) is 0 Å². The lowest BCUT2D eigenvalue weighted by Crippen LogP contribution is -1.95. The van der Waals surface area contributed by atoms with Gasteiger partial charge in [0.05, 0.1) is 0 Å². The maximum absolute atomic E-state index is 2.13. The van der Waals surface area contributed by atoms with Crippen molar-refractivity contribution in [3.05, 3.63) is 53.1 Å². The van der Waals surface area contributed by atoms with Crippen LogP contribution in [0.5, 0.6) is 0 Å². The molecular weight excluding hydrogens is 218 g/mol. The van der Waals surface area contributed by atoms with Crippen LogP contribution < -0.4 is 0 Å². The van der Waals surface area contributed by atoms with Crippen molar-refractivity contribution < 1.29 is 4.58 Å². The van der Waals surface area contributed by atoms with Crippen LogP contribution in [0.4, 0.5) is 0 Å². The highest BCUT2D eigenvalue weighted by atomic mass is 14.9. The normalized spacial score (nSPS) is 10.9. The molecule has 0 bridgehead atoms. The van der Waals surface area contributed by atoms with Gasteiger partial charge in [-0.15, -0.1) is 0 Å². The zero-order valence-electron chi connectivity index (χ0n) is 12.6. The average Bonchev–Trinajstić information content (AvgIpc) is 2.38. The van der Waals surface area contributed by atoms with Crippen molar-refractivity contribution in [2.24, 2.45) is 0 Å². The Hall–Kier alpha value is -1.63. The van der Waals surface area contributed by atoms with E-state index in [4.69, 9.17) is 0 Å². The van der Waals surface area contributed by atoms with Crippen LogP contribution in [0.2, 0.25) is 0 Å². The van der Waals surface area contributed by atoms with Gasteiger partial charge in [-0.05, 0) is 25.0 Å². The van der Waals surface area contributed by atoms with Gasteiger partial charge in [0.2, 0.25) is 0 Å². The van der Waals surface area contributed by atoms with Crippen molar-refractivity contribution in [2.75, 3.05) is 14.1 Å². The van der Waals surface area contributed by atoms with Crippen LogP contribution in [0.15, 0.2) is 42.0 Å². The Labute approximate surface area is 112 Å². The molecular formula is C17H26N+. The van der Waals surface area contributed by atoms with Crippen molar-refractivity contribution in [1.29, 1.82) is 0 Å². The van der Waals surface area contributed by atoms with Crippen LogP contribution in [0.3, 0.4) is 0 Å². The summed E-state index contributed by atoms with van der Waals surface area (Å²) in [5, 5.41) is 0.